The van der Waals surface area contributed by atoms with Crippen LogP contribution in [0.15, 0.2) is 29.4 Å². The van der Waals surface area contributed by atoms with E-state index >= 15 is 0 Å². The highest BCUT2D eigenvalue weighted by Gasteiger charge is 2.21. The monoisotopic (exact) mass is 236 g/mol. The van der Waals surface area contributed by atoms with Crippen LogP contribution >= 0.6 is 0 Å². The van der Waals surface area contributed by atoms with Gasteiger partial charge >= 0.3 is 0 Å². The van der Waals surface area contributed by atoms with Crippen LogP contribution in [-0.2, 0) is 13.1 Å². The van der Waals surface area contributed by atoms with Gasteiger partial charge in [-0.25, -0.2) is 0 Å². The maximum Gasteiger partial charge on any atom is 0.118 e. The molecule has 0 spiro atoms. The number of rotatable bonds is 6. The van der Waals surface area contributed by atoms with Gasteiger partial charge in [0.15, 0.2) is 0 Å². The first-order valence-corrected chi connectivity index (χ1v) is 6.04. The minimum atomic E-state index is 0.115. The van der Waals surface area contributed by atoms with Crippen LogP contribution in [0.1, 0.15) is 32.1 Å². The topological polar surface area (TPSA) is 28.4 Å². The maximum absolute atomic E-state index is 5.57. The molecule has 3 nitrogen and oxygen atoms in total. The largest absolute Gasteiger partial charge is 0.468 e. The van der Waals surface area contributed by atoms with E-state index in [4.69, 9.17) is 4.42 Å². The van der Waals surface area contributed by atoms with E-state index in [0.717, 1.165) is 25.4 Å². The van der Waals surface area contributed by atoms with E-state index in [1.54, 1.807) is 0 Å². The van der Waals surface area contributed by atoms with Gasteiger partial charge in [-0.2, -0.15) is 0 Å². The summed E-state index contributed by atoms with van der Waals surface area (Å²) >= 11 is 0. The minimum Gasteiger partial charge on any atom is -0.468 e. The van der Waals surface area contributed by atoms with Gasteiger partial charge in [0.1, 0.15) is 5.76 Å². The summed E-state index contributed by atoms with van der Waals surface area (Å²) in [6.45, 7) is 12.9. The molecule has 0 bridgehead atoms. The molecule has 0 saturated carbocycles. The van der Waals surface area contributed by atoms with Crippen molar-refractivity contribution >= 4 is 0 Å². The Hall–Kier alpha value is -1.06. The van der Waals surface area contributed by atoms with Gasteiger partial charge in [-0.3, -0.25) is 4.90 Å². The van der Waals surface area contributed by atoms with Crippen molar-refractivity contribution in [3.8, 4) is 0 Å². The van der Waals surface area contributed by atoms with Gasteiger partial charge in [-0.1, -0.05) is 6.08 Å². The molecule has 1 heterocycles. The molecule has 0 unspecified atom stereocenters. The zero-order chi connectivity index (χ0) is 12.9. The van der Waals surface area contributed by atoms with Gasteiger partial charge in [0, 0.05) is 24.2 Å². The number of furan rings is 1. The van der Waals surface area contributed by atoms with Gasteiger partial charge in [-0.15, -0.1) is 6.58 Å². The van der Waals surface area contributed by atoms with Crippen LogP contribution in [-0.4, -0.2) is 24.0 Å². The lowest BCUT2D eigenvalue weighted by atomic mass is 10.1. The van der Waals surface area contributed by atoms with Crippen molar-refractivity contribution < 1.29 is 4.42 Å². The molecule has 0 saturated heterocycles. The van der Waals surface area contributed by atoms with E-state index in [1.165, 1.54) is 5.56 Å². The highest BCUT2D eigenvalue weighted by atomic mass is 16.3. The Labute approximate surface area is 104 Å². The fourth-order valence-corrected chi connectivity index (χ4v) is 1.73. The quantitative estimate of drug-likeness (QED) is 0.770. The highest BCUT2D eigenvalue weighted by molar-refractivity contribution is 5.13. The summed E-state index contributed by atoms with van der Waals surface area (Å²) in [5.41, 5.74) is 1.31. The lowest BCUT2D eigenvalue weighted by molar-refractivity contribution is 0.134. The Balaban J connectivity index is 2.68. The summed E-state index contributed by atoms with van der Waals surface area (Å²) in [4.78, 5) is 2.34. The van der Waals surface area contributed by atoms with Gasteiger partial charge in [0.2, 0.25) is 0 Å². The van der Waals surface area contributed by atoms with Crippen molar-refractivity contribution in [2.45, 2.75) is 39.4 Å². The molecule has 0 atom stereocenters. The van der Waals surface area contributed by atoms with E-state index in [-0.39, 0.29) is 5.54 Å². The summed E-state index contributed by atoms with van der Waals surface area (Å²) < 4.78 is 5.57. The molecule has 0 fully saturated rings. The number of nitrogens with zero attached hydrogens (tertiary/aromatic N) is 1. The first kappa shape index (κ1) is 14.0. The fourth-order valence-electron chi connectivity index (χ4n) is 1.73. The fraction of sp³-hybridized carbons (Fsp3) is 0.571. The normalized spacial score (nSPS) is 12.1. The second kappa shape index (κ2) is 6.03. The van der Waals surface area contributed by atoms with Crippen LogP contribution in [0.2, 0.25) is 0 Å². The van der Waals surface area contributed by atoms with Crippen molar-refractivity contribution in [1.82, 2.24) is 10.2 Å². The molecule has 1 N–H and O–H groups in total. The molecule has 3 heteroatoms. The molecule has 17 heavy (non-hydrogen) atoms. The Morgan fingerprint density at radius 2 is 2.18 bits per heavy atom. The van der Waals surface area contributed by atoms with Crippen LogP contribution in [0.4, 0.5) is 0 Å². The maximum atomic E-state index is 5.57. The third-order valence-electron chi connectivity index (χ3n) is 2.73. The third-order valence-corrected chi connectivity index (χ3v) is 2.73. The summed E-state index contributed by atoms with van der Waals surface area (Å²) in [6, 6.07) is 2.11. The molecule has 1 aromatic heterocycles. The molecule has 0 aliphatic carbocycles. The SMILES string of the molecule is C=CCN(Cc1cc(CNC)co1)C(C)(C)C. The zero-order valence-corrected chi connectivity index (χ0v) is 11.4. The van der Waals surface area contributed by atoms with E-state index in [2.05, 4.69) is 43.6 Å². The third kappa shape index (κ3) is 4.36. The lowest BCUT2D eigenvalue weighted by Crippen LogP contribution is -2.40. The van der Waals surface area contributed by atoms with Crippen LogP contribution in [0.5, 0.6) is 0 Å². The molecule has 0 radical (unpaired) electrons. The van der Waals surface area contributed by atoms with E-state index < -0.39 is 0 Å². The van der Waals surface area contributed by atoms with Crippen molar-refractivity contribution in [2.75, 3.05) is 13.6 Å². The van der Waals surface area contributed by atoms with E-state index in [1.807, 2.05) is 19.4 Å². The molecule has 0 aromatic carbocycles. The summed E-state index contributed by atoms with van der Waals surface area (Å²) in [6.07, 6.45) is 3.75. The van der Waals surface area contributed by atoms with E-state index in [0.29, 0.717) is 0 Å². The molecule has 0 aliphatic heterocycles. The Bertz CT molecular complexity index is 349. The van der Waals surface area contributed by atoms with E-state index in [9.17, 15) is 0 Å². The minimum absolute atomic E-state index is 0.115. The Morgan fingerprint density at radius 1 is 1.47 bits per heavy atom. The number of nitrogens with one attached hydrogen (secondary N) is 1. The van der Waals surface area contributed by atoms with Crippen molar-refractivity contribution in [3.63, 3.8) is 0 Å². The number of hydrogen-bond donors (Lipinski definition) is 1. The smallest absolute Gasteiger partial charge is 0.118 e. The van der Waals surface area contributed by atoms with Crippen LogP contribution in [0.25, 0.3) is 0 Å². The van der Waals surface area contributed by atoms with Crippen molar-refractivity contribution in [1.29, 1.82) is 0 Å². The molecule has 0 amide bonds. The second-order valence-electron chi connectivity index (χ2n) is 5.29. The Kier molecular flexibility index (Phi) is 4.97. The average molecular weight is 236 g/mol. The van der Waals surface area contributed by atoms with Gasteiger partial charge in [0.25, 0.3) is 0 Å². The van der Waals surface area contributed by atoms with Crippen LogP contribution in [0.3, 0.4) is 0 Å². The summed E-state index contributed by atoms with van der Waals surface area (Å²) in [5.74, 6) is 1.01. The van der Waals surface area contributed by atoms with Gasteiger partial charge < -0.3 is 9.73 Å². The summed E-state index contributed by atoms with van der Waals surface area (Å²) in [7, 11) is 1.94. The lowest BCUT2D eigenvalue weighted by Gasteiger charge is -2.34. The van der Waals surface area contributed by atoms with Crippen molar-refractivity contribution in [3.05, 3.63) is 36.3 Å². The Morgan fingerprint density at radius 3 is 2.71 bits per heavy atom. The predicted octanol–water partition coefficient (Wildman–Crippen LogP) is 2.79. The average Bonchev–Trinajstić information content (AvgIpc) is 2.64. The van der Waals surface area contributed by atoms with Gasteiger partial charge in [0.05, 0.1) is 12.8 Å². The molecular formula is C14H24N2O. The van der Waals surface area contributed by atoms with Crippen LogP contribution in [0, 0.1) is 0 Å². The number of hydrogen-bond acceptors (Lipinski definition) is 3. The standard InChI is InChI=1S/C14H24N2O/c1-6-7-16(14(2,3)4)10-13-8-12(9-15-5)11-17-13/h6,8,11,15H,1,7,9-10H2,2-5H3. The highest BCUT2D eigenvalue weighted by Crippen LogP contribution is 2.18. The van der Waals surface area contributed by atoms with Crippen molar-refractivity contribution in [2.24, 2.45) is 0 Å². The second-order valence-corrected chi connectivity index (χ2v) is 5.29. The first-order chi connectivity index (χ1) is 7.97. The molecule has 96 valence electrons. The summed E-state index contributed by atoms with van der Waals surface area (Å²) in [5, 5.41) is 3.12. The molecule has 1 rings (SSSR count). The van der Waals surface area contributed by atoms with Gasteiger partial charge in [-0.05, 0) is 33.9 Å². The molecule has 0 aliphatic rings. The molecule has 1 aromatic rings. The van der Waals surface area contributed by atoms with Crippen LogP contribution < -0.4 is 5.32 Å². The first-order valence-electron chi connectivity index (χ1n) is 6.04. The zero-order valence-electron chi connectivity index (χ0n) is 11.4. The molecular weight excluding hydrogens is 212 g/mol. The predicted molar refractivity (Wildman–Crippen MR) is 71.8 cm³/mol.